The summed E-state index contributed by atoms with van der Waals surface area (Å²) >= 11 is 5.89. The van der Waals surface area contributed by atoms with Crippen LogP contribution in [0.25, 0.3) is 6.08 Å². The molecule has 1 atom stereocenters. The fourth-order valence-electron chi connectivity index (χ4n) is 4.20. The van der Waals surface area contributed by atoms with Crippen molar-refractivity contribution in [2.24, 2.45) is 0 Å². The second-order valence-corrected chi connectivity index (χ2v) is 8.73. The SMILES string of the molecule is CCOc1ccccc1N1CCN(CC(O)CN2C(=O)N/C(=C\c3ccc(Cl)cc3)C2=O)CC1.Cl. The van der Waals surface area contributed by atoms with E-state index >= 15 is 0 Å². The van der Waals surface area contributed by atoms with Gasteiger partial charge in [-0.05, 0) is 42.8 Å². The number of hydrogen-bond donors (Lipinski definition) is 2. The van der Waals surface area contributed by atoms with Gasteiger partial charge >= 0.3 is 6.03 Å². The second kappa shape index (κ2) is 12.3. The number of nitrogens with zero attached hydrogens (tertiary/aromatic N) is 3. The molecular formula is C25H30Cl2N4O4. The molecule has 4 rings (SSSR count). The molecule has 0 aromatic heterocycles. The molecule has 2 N–H and O–H groups in total. The average molecular weight is 521 g/mol. The third-order valence-electron chi connectivity index (χ3n) is 5.88. The summed E-state index contributed by atoms with van der Waals surface area (Å²) in [7, 11) is 0. The number of carbonyl (C=O) groups is 2. The Balaban J connectivity index is 0.00000342. The number of anilines is 1. The molecular weight excluding hydrogens is 491 g/mol. The summed E-state index contributed by atoms with van der Waals surface area (Å²) in [5.41, 5.74) is 2.00. The molecule has 10 heteroatoms. The van der Waals surface area contributed by atoms with Crippen LogP contribution in [0.5, 0.6) is 5.75 Å². The molecule has 2 fully saturated rings. The number of hydrogen-bond acceptors (Lipinski definition) is 6. The van der Waals surface area contributed by atoms with Gasteiger partial charge in [-0.1, -0.05) is 35.9 Å². The Kier molecular flexibility index (Phi) is 9.40. The molecule has 35 heavy (non-hydrogen) atoms. The molecule has 2 saturated heterocycles. The number of benzene rings is 2. The van der Waals surface area contributed by atoms with Crippen LogP contribution >= 0.6 is 24.0 Å². The lowest BCUT2D eigenvalue weighted by molar-refractivity contribution is -0.124. The van der Waals surface area contributed by atoms with E-state index < -0.39 is 18.0 Å². The molecule has 0 aliphatic carbocycles. The third-order valence-corrected chi connectivity index (χ3v) is 6.14. The van der Waals surface area contributed by atoms with E-state index in [1.165, 1.54) is 0 Å². The summed E-state index contributed by atoms with van der Waals surface area (Å²) in [6.45, 7) is 6.03. The minimum absolute atomic E-state index is 0. The Morgan fingerprint density at radius 1 is 1.06 bits per heavy atom. The maximum atomic E-state index is 12.7. The van der Waals surface area contributed by atoms with Gasteiger partial charge in [0.2, 0.25) is 0 Å². The lowest BCUT2D eigenvalue weighted by atomic mass is 10.2. The number of nitrogens with one attached hydrogen (secondary N) is 1. The van der Waals surface area contributed by atoms with E-state index in [1.54, 1.807) is 30.3 Å². The van der Waals surface area contributed by atoms with Crippen LogP contribution in [-0.2, 0) is 4.79 Å². The average Bonchev–Trinajstić information content (AvgIpc) is 3.09. The van der Waals surface area contributed by atoms with Crippen LogP contribution in [0.15, 0.2) is 54.2 Å². The number of amides is 3. The maximum Gasteiger partial charge on any atom is 0.329 e. The molecule has 2 aliphatic rings. The maximum absolute atomic E-state index is 12.7. The van der Waals surface area contributed by atoms with E-state index in [0.29, 0.717) is 18.2 Å². The Bertz CT molecular complexity index is 1060. The Morgan fingerprint density at radius 3 is 2.43 bits per heavy atom. The molecule has 2 aromatic rings. The molecule has 0 radical (unpaired) electrons. The van der Waals surface area contributed by atoms with E-state index in [-0.39, 0.29) is 24.6 Å². The van der Waals surface area contributed by atoms with Gasteiger partial charge in [-0.25, -0.2) is 4.79 Å². The van der Waals surface area contributed by atoms with E-state index in [9.17, 15) is 14.7 Å². The highest BCUT2D eigenvalue weighted by molar-refractivity contribution is 6.30. The Morgan fingerprint density at radius 2 is 1.74 bits per heavy atom. The van der Waals surface area contributed by atoms with Crippen molar-refractivity contribution in [2.45, 2.75) is 13.0 Å². The lowest BCUT2D eigenvalue weighted by Gasteiger charge is -2.37. The summed E-state index contributed by atoms with van der Waals surface area (Å²) in [4.78, 5) is 30.5. The summed E-state index contributed by atoms with van der Waals surface area (Å²) in [6.07, 6.45) is 0.759. The first-order valence-corrected chi connectivity index (χ1v) is 11.8. The summed E-state index contributed by atoms with van der Waals surface area (Å²) in [5.74, 6) is 0.427. The number of para-hydroxylation sites is 2. The highest BCUT2D eigenvalue weighted by Crippen LogP contribution is 2.28. The highest BCUT2D eigenvalue weighted by atomic mass is 35.5. The van der Waals surface area contributed by atoms with Crippen molar-refractivity contribution in [3.05, 3.63) is 64.8 Å². The van der Waals surface area contributed by atoms with Gasteiger partial charge < -0.3 is 20.1 Å². The number of urea groups is 1. The number of rotatable bonds is 8. The van der Waals surface area contributed by atoms with E-state index in [1.807, 2.05) is 25.1 Å². The van der Waals surface area contributed by atoms with Crippen LogP contribution in [0.2, 0.25) is 5.02 Å². The molecule has 0 bridgehead atoms. The zero-order valence-electron chi connectivity index (χ0n) is 19.5. The monoisotopic (exact) mass is 520 g/mol. The topological polar surface area (TPSA) is 85.3 Å². The second-order valence-electron chi connectivity index (χ2n) is 8.30. The van der Waals surface area contributed by atoms with Crippen LogP contribution in [0.4, 0.5) is 10.5 Å². The van der Waals surface area contributed by atoms with Crippen molar-refractivity contribution in [1.82, 2.24) is 15.1 Å². The quantitative estimate of drug-likeness (QED) is 0.410. The number of β-amino-alcohol motifs (C(OH)–C–C–N with tert-alkyl or cyclic N) is 1. The molecule has 188 valence electrons. The van der Waals surface area contributed by atoms with Crippen LogP contribution in [0, 0.1) is 0 Å². The fourth-order valence-corrected chi connectivity index (χ4v) is 4.32. The Hall–Kier alpha value is -2.78. The molecule has 2 heterocycles. The highest BCUT2D eigenvalue weighted by Gasteiger charge is 2.35. The van der Waals surface area contributed by atoms with Gasteiger partial charge in [-0.2, -0.15) is 0 Å². The van der Waals surface area contributed by atoms with Crippen LogP contribution < -0.4 is 15.0 Å². The van der Waals surface area contributed by atoms with Gasteiger partial charge in [0.05, 0.1) is 24.9 Å². The van der Waals surface area contributed by atoms with E-state index in [2.05, 4.69) is 21.2 Å². The smallest absolute Gasteiger partial charge is 0.329 e. The van der Waals surface area contributed by atoms with Gasteiger partial charge in [-0.3, -0.25) is 14.6 Å². The first kappa shape index (κ1) is 26.8. The largest absolute Gasteiger partial charge is 0.492 e. The van der Waals surface area contributed by atoms with Crippen molar-refractivity contribution in [2.75, 3.05) is 50.8 Å². The molecule has 0 spiro atoms. The van der Waals surface area contributed by atoms with Crippen molar-refractivity contribution in [1.29, 1.82) is 0 Å². The van der Waals surface area contributed by atoms with Crippen LogP contribution in [0.1, 0.15) is 12.5 Å². The first-order chi connectivity index (χ1) is 16.4. The zero-order chi connectivity index (χ0) is 24.1. The molecule has 2 aromatic carbocycles. The molecule has 1 unspecified atom stereocenters. The van der Waals surface area contributed by atoms with Gasteiger partial charge in [0.1, 0.15) is 11.4 Å². The van der Waals surface area contributed by atoms with Crippen molar-refractivity contribution >= 4 is 47.7 Å². The van der Waals surface area contributed by atoms with Crippen LogP contribution in [-0.4, -0.2) is 78.8 Å². The van der Waals surface area contributed by atoms with Crippen LogP contribution in [0.3, 0.4) is 0 Å². The van der Waals surface area contributed by atoms with Crippen molar-refractivity contribution in [3.8, 4) is 5.75 Å². The van der Waals surface area contributed by atoms with Crippen molar-refractivity contribution in [3.63, 3.8) is 0 Å². The normalized spacial score (nSPS) is 18.4. The predicted octanol–water partition coefficient (Wildman–Crippen LogP) is 3.24. The summed E-state index contributed by atoms with van der Waals surface area (Å²) < 4.78 is 5.75. The van der Waals surface area contributed by atoms with E-state index in [4.69, 9.17) is 16.3 Å². The molecule has 2 aliphatic heterocycles. The summed E-state index contributed by atoms with van der Waals surface area (Å²) in [5, 5.41) is 13.8. The van der Waals surface area contributed by atoms with E-state index in [0.717, 1.165) is 48.1 Å². The number of carbonyl (C=O) groups excluding carboxylic acids is 2. The number of piperazine rings is 1. The van der Waals surface area contributed by atoms with Gasteiger partial charge in [0.15, 0.2) is 0 Å². The minimum atomic E-state index is -0.841. The third kappa shape index (κ3) is 6.67. The number of halogens is 2. The standard InChI is InChI=1S/C25H29ClN4O4.ClH/c1-2-34-23-6-4-3-5-22(23)29-13-11-28(12-14-29)16-20(31)17-30-24(32)21(27-25(30)33)15-18-7-9-19(26)10-8-18;/h3-10,15,20,31H,2,11-14,16-17H2,1H3,(H,27,33);1H/b21-15-;. The molecule has 3 amide bonds. The number of aliphatic hydroxyl groups is 1. The molecule has 8 nitrogen and oxygen atoms in total. The lowest BCUT2D eigenvalue weighted by Crippen LogP contribution is -2.50. The minimum Gasteiger partial charge on any atom is -0.492 e. The van der Waals surface area contributed by atoms with Gasteiger partial charge in [0.25, 0.3) is 5.91 Å². The Labute approximate surface area is 216 Å². The summed E-state index contributed by atoms with van der Waals surface area (Å²) in [6, 6.07) is 14.4. The van der Waals surface area contributed by atoms with Gasteiger partial charge in [-0.15, -0.1) is 12.4 Å². The number of aliphatic hydroxyl groups excluding tert-OH is 1. The number of imide groups is 1. The first-order valence-electron chi connectivity index (χ1n) is 11.4. The predicted molar refractivity (Wildman–Crippen MR) is 139 cm³/mol. The zero-order valence-corrected chi connectivity index (χ0v) is 21.1. The van der Waals surface area contributed by atoms with Crippen molar-refractivity contribution < 1.29 is 19.4 Å². The fraction of sp³-hybridized carbons (Fsp3) is 0.360. The molecule has 0 saturated carbocycles. The van der Waals surface area contributed by atoms with Gasteiger partial charge in [0, 0.05) is 37.7 Å². The number of ether oxygens (including phenoxy) is 1.